The van der Waals surface area contributed by atoms with Crippen molar-refractivity contribution in [3.63, 3.8) is 0 Å². The molecule has 0 saturated carbocycles. The molecule has 0 unspecified atom stereocenters. The zero-order chi connectivity index (χ0) is 10.9. The molecule has 0 bridgehead atoms. The fourth-order valence-corrected chi connectivity index (χ4v) is 1.18. The molecule has 0 fully saturated rings. The molecule has 4 heteroatoms. The van der Waals surface area contributed by atoms with Gasteiger partial charge in [-0.2, -0.15) is 5.10 Å². The van der Waals surface area contributed by atoms with Crippen LogP contribution in [0.25, 0.3) is 0 Å². The van der Waals surface area contributed by atoms with Gasteiger partial charge in [0, 0.05) is 25.4 Å². The number of nitrogens with zero attached hydrogens (tertiary/aromatic N) is 2. The summed E-state index contributed by atoms with van der Waals surface area (Å²) < 4.78 is 1.59. The van der Waals surface area contributed by atoms with Crippen molar-refractivity contribution >= 4 is 5.91 Å². The topological polar surface area (TPSA) is 46.9 Å². The second kappa shape index (κ2) is 6.66. The summed E-state index contributed by atoms with van der Waals surface area (Å²) in [5.41, 5.74) is 0. The van der Waals surface area contributed by atoms with Crippen LogP contribution in [0, 0.1) is 12.3 Å². The number of amides is 1. The highest BCUT2D eigenvalue weighted by atomic mass is 16.2. The number of terminal acetylenes is 1. The maximum absolute atomic E-state index is 11.3. The van der Waals surface area contributed by atoms with Gasteiger partial charge in [0.15, 0.2) is 0 Å². The van der Waals surface area contributed by atoms with Crippen molar-refractivity contribution in [1.82, 2.24) is 15.1 Å². The predicted octanol–water partition coefficient (Wildman–Crippen LogP) is 0.803. The van der Waals surface area contributed by atoms with Crippen LogP contribution in [0.3, 0.4) is 0 Å². The highest BCUT2D eigenvalue weighted by molar-refractivity contribution is 5.75. The molecule has 0 aromatic carbocycles. The zero-order valence-corrected chi connectivity index (χ0v) is 8.65. The first-order valence-corrected chi connectivity index (χ1v) is 5.00. The lowest BCUT2D eigenvalue weighted by atomic mass is 10.2. The molecule has 15 heavy (non-hydrogen) atoms. The molecule has 1 aromatic heterocycles. The molecule has 0 saturated heterocycles. The van der Waals surface area contributed by atoms with E-state index >= 15 is 0 Å². The molecule has 0 aliphatic rings. The lowest BCUT2D eigenvalue weighted by molar-refractivity contribution is -0.121. The van der Waals surface area contributed by atoms with Crippen LogP contribution in [-0.4, -0.2) is 22.2 Å². The number of rotatable bonds is 6. The Balaban J connectivity index is 2.07. The molecule has 1 heterocycles. The Bertz CT molecular complexity index is 324. The summed E-state index contributed by atoms with van der Waals surface area (Å²) in [6.45, 7) is 0.962. The van der Waals surface area contributed by atoms with Gasteiger partial charge in [0.2, 0.25) is 5.91 Å². The van der Waals surface area contributed by atoms with Crippen LogP contribution in [0.2, 0.25) is 0 Å². The molecule has 0 aliphatic heterocycles. The first kappa shape index (κ1) is 11.3. The second-order valence-corrected chi connectivity index (χ2v) is 3.21. The Hall–Kier alpha value is -1.76. The van der Waals surface area contributed by atoms with Crippen molar-refractivity contribution in [3.05, 3.63) is 18.5 Å². The number of nitrogens with one attached hydrogen (secondary N) is 1. The number of carbonyl (C=O) groups excluding carboxylic acids is 1. The predicted molar refractivity (Wildman–Crippen MR) is 57.9 cm³/mol. The van der Waals surface area contributed by atoms with E-state index in [1.165, 1.54) is 0 Å². The van der Waals surface area contributed by atoms with Crippen LogP contribution < -0.4 is 5.32 Å². The number of hydrogen-bond donors (Lipinski definition) is 1. The summed E-state index contributed by atoms with van der Waals surface area (Å²) in [6, 6.07) is 1.79. The van der Waals surface area contributed by atoms with E-state index in [2.05, 4.69) is 16.3 Å². The first-order valence-electron chi connectivity index (χ1n) is 5.00. The van der Waals surface area contributed by atoms with Crippen LogP contribution in [-0.2, 0) is 11.3 Å². The van der Waals surface area contributed by atoms with Crippen molar-refractivity contribution in [2.45, 2.75) is 25.8 Å². The Morgan fingerprint density at radius 2 is 2.40 bits per heavy atom. The van der Waals surface area contributed by atoms with E-state index in [0.29, 0.717) is 6.54 Å². The van der Waals surface area contributed by atoms with Crippen molar-refractivity contribution in [1.29, 1.82) is 0 Å². The summed E-state index contributed by atoms with van der Waals surface area (Å²) in [6.07, 6.45) is 11.2. The molecule has 1 aromatic rings. The SMILES string of the molecule is C#CCCCCNC(=O)Cn1cccn1. The minimum absolute atomic E-state index is 0.0144. The monoisotopic (exact) mass is 205 g/mol. The number of aromatic nitrogens is 2. The Morgan fingerprint density at radius 1 is 1.53 bits per heavy atom. The van der Waals surface area contributed by atoms with E-state index < -0.39 is 0 Å². The molecule has 4 nitrogen and oxygen atoms in total. The van der Waals surface area contributed by atoms with E-state index in [4.69, 9.17) is 6.42 Å². The van der Waals surface area contributed by atoms with Gasteiger partial charge in [0.1, 0.15) is 6.54 Å². The second-order valence-electron chi connectivity index (χ2n) is 3.21. The van der Waals surface area contributed by atoms with Crippen molar-refractivity contribution in [3.8, 4) is 12.3 Å². The van der Waals surface area contributed by atoms with Gasteiger partial charge in [-0.1, -0.05) is 0 Å². The molecule has 0 atom stereocenters. The van der Waals surface area contributed by atoms with E-state index in [1.54, 1.807) is 23.1 Å². The molecule has 80 valence electrons. The lowest BCUT2D eigenvalue weighted by Crippen LogP contribution is -2.28. The van der Waals surface area contributed by atoms with Gasteiger partial charge in [0.05, 0.1) is 0 Å². The molecular formula is C11H15N3O. The highest BCUT2D eigenvalue weighted by Crippen LogP contribution is 1.91. The van der Waals surface area contributed by atoms with Crippen molar-refractivity contribution in [2.75, 3.05) is 6.54 Å². The van der Waals surface area contributed by atoms with Gasteiger partial charge in [-0.3, -0.25) is 9.48 Å². The summed E-state index contributed by atoms with van der Waals surface area (Å²) >= 11 is 0. The molecule has 1 N–H and O–H groups in total. The lowest BCUT2D eigenvalue weighted by Gasteiger charge is -2.04. The quantitative estimate of drug-likeness (QED) is 0.551. The highest BCUT2D eigenvalue weighted by Gasteiger charge is 2.00. The normalized spacial score (nSPS) is 9.53. The average Bonchev–Trinajstić information content (AvgIpc) is 2.70. The van der Waals surface area contributed by atoms with Crippen LogP contribution in [0.1, 0.15) is 19.3 Å². The fraction of sp³-hybridized carbons (Fsp3) is 0.455. The van der Waals surface area contributed by atoms with E-state index in [1.807, 2.05) is 0 Å². The van der Waals surface area contributed by atoms with E-state index in [9.17, 15) is 4.79 Å². The Kier molecular flexibility index (Phi) is 5.02. The van der Waals surface area contributed by atoms with Gasteiger partial charge >= 0.3 is 0 Å². The molecule has 0 aliphatic carbocycles. The molecule has 1 rings (SSSR count). The van der Waals surface area contributed by atoms with Crippen LogP contribution in [0.5, 0.6) is 0 Å². The van der Waals surface area contributed by atoms with Gasteiger partial charge in [-0.15, -0.1) is 12.3 Å². The van der Waals surface area contributed by atoms with Gasteiger partial charge in [-0.05, 0) is 18.9 Å². The number of hydrogen-bond acceptors (Lipinski definition) is 2. The molecular weight excluding hydrogens is 190 g/mol. The van der Waals surface area contributed by atoms with E-state index in [-0.39, 0.29) is 12.5 Å². The van der Waals surface area contributed by atoms with Crippen LogP contribution >= 0.6 is 0 Å². The fourth-order valence-electron chi connectivity index (χ4n) is 1.18. The largest absolute Gasteiger partial charge is 0.354 e. The standard InChI is InChI=1S/C11H15N3O/c1-2-3-4-5-7-12-11(15)10-14-9-6-8-13-14/h1,6,8-9H,3-5,7,10H2,(H,12,15). The Morgan fingerprint density at radius 3 is 3.07 bits per heavy atom. The maximum atomic E-state index is 11.3. The first-order chi connectivity index (χ1) is 7.33. The van der Waals surface area contributed by atoms with Crippen molar-refractivity contribution < 1.29 is 4.79 Å². The molecule has 1 amide bonds. The minimum Gasteiger partial charge on any atom is -0.354 e. The Labute approximate surface area is 89.7 Å². The van der Waals surface area contributed by atoms with Crippen LogP contribution in [0.15, 0.2) is 18.5 Å². The smallest absolute Gasteiger partial charge is 0.241 e. The summed E-state index contributed by atoms with van der Waals surface area (Å²) in [5, 5.41) is 6.75. The van der Waals surface area contributed by atoms with Gasteiger partial charge in [0.25, 0.3) is 0 Å². The summed E-state index contributed by atoms with van der Waals surface area (Å²) in [7, 11) is 0. The minimum atomic E-state index is -0.0144. The third-order valence-corrected chi connectivity index (χ3v) is 1.93. The third-order valence-electron chi connectivity index (χ3n) is 1.93. The average molecular weight is 205 g/mol. The van der Waals surface area contributed by atoms with Gasteiger partial charge < -0.3 is 5.32 Å². The number of carbonyl (C=O) groups is 1. The number of unbranched alkanes of at least 4 members (excludes halogenated alkanes) is 2. The summed E-state index contributed by atoms with van der Waals surface area (Å²) in [5.74, 6) is 2.55. The van der Waals surface area contributed by atoms with E-state index in [0.717, 1.165) is 19.3 Å². The summed E-state index contributed by atoms with van der Waals surface area (Å²) in [4.78, 5) is 11.3. The zero-order valence-electron chi connectivity index (χ0n) is 8.65. The van der Waals surface area contributed by atoms with Crippen LogP contribution in [0.4, 0.5) is 0 Å². The van der Waals surface area contributed by atoms with Crippen molar-refractivity contribution in [2.24, 2.45) is 0 Å². The maximum Gasteiger partial charge on any atom is 0.241 e. The van der Waals surface area contributed by atoms with Gasteiger partial charge in [-0.25, -0.2) is 0 Å². The molecule has 0 spiro atoms. The molecule has 0 radical (unpaired) electrons. The third kappa shape index (κ3) is 4.87.